The number of benzene rings is 1. The van der Waals surface area contributed by atoms with E-state index in [0.717, 1.165) is 11.4 Å². The normalized spacial score (nSPS) is 12.4. The van der Waals surface area contributed by atoms with Crippen LogP contribution in [0.5, 0.6) is 0 Å². The summed E-state index contributed by atoms with van der Waals surface area (Å²) in [5.41, 5.74) is 3.08. The summed E-state index contributed by atoms with van der Waals surface area (Å²) < 4.78 is 1.83. The average molecular weight is 285 g/mol. The predicted molar refractivity (Wildman–Crippen MR) is 85.5 cm³/mol. The number of aryl methyl sites for hydroxylation is 1. The molecule has 0 saturated carbocycles. The molecule has 112 valence electrons. The molecular weight excluding hydrogens is 262 g/mol. The second-order valence-electron chi connectivity index (χ2n) is 5.82. The SMILES string of the molecule is Cc1ccn([C@@H](C)CC(=O)Nc2ccc(C(C)C)cc2)n1. The Labute approximate surface area is 126 Å². The minimum absolute atomic E-state index is 0.00736. The van der Waals surface area contributed by atoms with Crippen molar-refractivity contribution in [1.82, 2.24) is 9.78 Å². The second-order valence-corrected chi connectivity index (χ2v) is 5.82. The van der Waals surface area contributed by atoms with Crippen molar-refractivity contribution >= 4 is 11.6 Å². The molecule has 2 aromatic rings. The van der Waals surface area contributed by atoms with E-state index < -0.39 is 0 Å². The van der Waals surface area contributed by atoms with Crippen LogP contribution in [0.1, 0.15) is 50.4 Å². The third kappa shape index (κ3) is 4.18. The highest BCUT2D eigenvalue weighted by molar-refractivity contribution is 5.90. The van der Waals surface area contributed by atoms with Crippen molar-refractivity contribution in [2.75, 3.05) is 5.32 Å². The van der Waals surface area contributed by atoms with Crippen LogP contribution in [0.3, 0.4) is 0 Å². The van der Waals surface area contributed by atoms with Crippen molar-refractivity contribution < 1.29 is 4.79 Å². The van der Waals surface area contributed by atoms with E-state index in [4.69, 9.17) is 0 Å². The Morgan fingerprint density at radius 2 is 1.86 bits per heavy atom. The summed E-state index contributed by atoms with van der Waals surface area (Å²) in [7, 11) is 0. The van der Waals surface area contributed by atoms with Gasteiger partial charge in [0.15, 0.2) is 0 Å². The molecule has 1 aromatic carbocycles. The van der Waals surface area contributed by atoms with E-state index in [2.05, 4.69) is 36.4 Å². The molecule has 0 aliphatic rings. The number of hydrogen-bond acceptors (Lipinski definition) is 2. The molecule has 4 nitrogen and oxygen atoms in total. The Balaban J connectivity index is 1.92. The van der Waals surface area contributed by atoms with E-state index in [9.17, 15) is 4.79 Å². The first-order valence-electron chi connectivity index (χ1n) is 7.37. The van der Waals surface area contributed by atoms with Gasteiger partial charge in [-0.25, -0.2) is 0 Å². The smallest absolute Gasteiger partial charge is 0.226 e. The van der Waals surface area contributed by atoms with Gasteiger partial charge in [0, 0.05) is 18.3 Å². The van der Waals surface area contributed by atoms with Gasteiger partial charge in [-0.15, -0.1) is 0 Å². The molecule has 0 unspecified atom stereocenters. The van der Waals surface area contributed by atoms with Crippen LogP contribution in [-0.4, -0.2) is 15.7 Å². The molecule has 4 heteroatoms. The molecule has 1 amide bonds. The summed E-state index contributed by atoms with van der Waals surface area (Å²) in [6.45, 7) is 8.25. The lowest BCUT2D eigenvalue weighted by atomic mass is 10.0. The summed E-state index contributed by atoms with van der Waals surface area (Å²) in [4.78, 5) is 12.1. The Morgan fingerprint density at radius 3 is 2.38 bits per heavy atom. The fourth-order valence-corrected chi connectivity index (χ4v) is 2.20. The molecule has 1 heterocycles. The highest BCUT2D eigenvalue weighted by Gasteiger charge is 2.12. The second kappa shape index (κ2) is 6.57. The summed E-state index contributed by atoms with van der Waals surface area (Å²) >= 11 is 0. The lowest BCUT2D eigenvalue weighted by Crippen LogP contribution is -2.18. The predicted octanol–water partition coefficient (Wildman–Crippen LogP) is 3.90. The Bertz CT molecular complexity index is 599. The van der Waals surface area contributed by atoms with Crippen LogP contribution in [0.4, 0.5) is 5.69 Å². The van der Waals surface area contributed by atoms with Crippen molar-refractivity contribution in [2.45, 2.75) is 46.1 Å². The molecule has 2 rings (SSSR count). The number of hydrogen-bond donors (Lipinski definition) is 1. The quantitative estimate of drug-likeness (QED) is 0.905. The molecule has 0 fully saturated rings. The maximum Gasteiger partial charge on any atom is 0.226 e. The first-order valence-corrected chi connectivity index (χ1v) is 7.37. The Morgan fingerprint density at radius 1 is 1.19 bits per heavy atom. The van der Waals surface area contributed by atoms with E-state index >= 15 is 0 Å². The van der Waals surface area contributed by atoms with E-state index in [1.54, 1.807) is 0 Å². The number of nitrogens with zero attached hydrogens (tertiary/aromatic N) is 2. The molecule has 0 saturated heterocycles. The topological polar surface area (TPSA) is 46.9 Å². The van der Waals surface area contributed by atoms with Crippen LogP contribution in [0, 0.1) is 6.92 Å². The lowest BCUT2D eigenvalue weighted by Gasteiger charge is -2.13. The van der Waals surface area contributed by atoms with Crippen molar-refractivity contribution in [3.8, 4) is 0 Å². The van der Waals surface area contributed by atoms with Crippen LogP contribution in [0.25, 0.3) is 0 Å². The van der Waals surface area contributed by atoms with Gasteiger partial charge in [-0.1, -0.05) is 26.0 Å². The van der Waals surface area contributed by atoms with Gasteiger partial charge in [0.05, 0.1) is 11.7 Å². The van der Waals surface area contributed by atoms with E-state index in [1.807, 2.05) is 42.9 Å². The minimum atomic E-state index is 0.00736. The van der Waals surface area contributed by atoms with E-state index in [0.29, 0.717) is 12.3 Å². The third-order valence-corrected chi connectivity index (χ3v) is 3.54. The molecule has 0 aliphatic carbocycles. The Kier molecular flexibility index (Phi) is 4.78. The highest BCUT2D eigenvalue weighted by atomic mass is 16.1. The summed E-state index contributed by atoms with van der Waals surface area (Å²) in [5, 5.41) is 7.27. The van der Waals surface area contributed by atoms with Gasteiger partial charge in [-0.3, -0.25) is 9.48 Å². The van der Waals surface area contributed by atoms with Crippen LogP contribution in [-0.2, 0) is 4.79 Å². The zero-order valence-electron chi connectivity index (χ0n) is 13.1. The number of aromatic nitrogens is 2. The average Bonchev–Trinajstić information content (AvgIpc) is 2.86. The van der Waals surface area contributed by atoms with Crippen LogP contribution in [0.2, 0.25) is 0 Å². The van der Waals surface area contributed by atoms with Crippen LogP contribution in [0.15, 0.2) is 36.5 Å². The fraction of sp³-hybridized carbons (Fsp3) is 0.412. The standard InChI is InChI=1S/C17H23N3O/c1-12(2)15-5-7-16(8-6-15)18-17(21)11-14(4)20-10-9-13(3)19-20/h5-10,12,14H,11H2,1-4H3,(H,18,21)/t14-/m0/s1. The van der Waals surface area contributed by atoms with Crippen LogP contribution < -0.4 is 5.32 Å². The number of rotatable bonds is 5. The molecular formula is C17H23N3O. The van der Waals surface area contributed by atoms with Gasteiger partial charge < -0.3 is 5.32 Å². The fourth-order valence-electron chi connectivity index (χ4n) is 2.20. The van der Waals surface area contributed by atoms with E-state index in [1.165, 1.54) is 5.56 Å². The number of amides is 1. The number of carbonyl (C=O) groups is 1. The summed E-state index contributed by atoms with van der Waals surface area (Å²) in [6.07, 6.45) is 2.32. The monoisotopic (exact) mass is 285 g/mol. The van der Waals surface area contributed by atoms with Gasteiger partial charge in [-0.2, -0.15) is 5.10 Å². The van der Waals surface area contributed by atoms with Gasteiger partial charge in [0.1, 0.15) is 0 Å². The van der Waals surface area contributed by atoms with E-state index in [-0.39, 0.29) is 11.9 Å². The van der Waals surface area contributed by atoms with Gasteiger partial charge in [0.25, 0.3) is 0 Å². The van der Waals surface area contributed by atoms with Gasteiger partial charge >= 0.3 is 0 Å². The molecule has 0 bridgehead atoms. The maximum absolute atomic E-state index is 12.1. The molecule has 1 N–H and O–H groups in total. The number of anilines is 1. The number of nitrogens with one attached hydrogen (secondary N) is 1. The first-order chi connectivity index (χ1) is 9.95. The van der Waals surface area contributed by atoms with Crippen molar-refractivity contribution in [2.24, 2.45) is 0 Å². The molecule has 0 spiro atoms. The summed E-state index contributed by atoms with van der Waals surface area (Å²) in [6, 6.07) is 10.0. The first kappa shape index (κ1) is 15.3. The van der Waals surface area contributed by atoms with Crippen molar-refractivity contribution in [3.05, 3.63) is 47.8 Å². The van der Waals surface area contributed by atoms with Gasteiger partial charge in [-0.05, 0) is 43.5 Å². The van der Waals surface area contributed by atoms with Crippen molar-refractivity contribution in [1.29, 1.82) is 0 Å². The maximum atomic E-state index is 12.1. The highest BCUT2D eigenvalue weighted by Crippen LogP contribution is 2.18. The number of carbonyl (C=O) groups excluding carboxylic acids is 1. The van der Waals surface area contributed by atoms with Crippen LogP contribution >= 0.6 is 0 Å². The molecule has 0 aliphatic heterocycles. The Hall–Kier alpha value is -2.10. The zero-order chi connectivity index (χ0) is 15.4. The molecule has 0 radical (unpaired) electrons. The van der Waals surface area contributed by atoms with Gasteiger partial charge in [0.2, 0.25) is 5.91 Å². The lowest BCUT2D eigenvalue weighted by molar-refractivity contribution is -0.116. The largest absolute Gasteiger partial charge is 0.326 e. The molecule has 1 aromatic heterocycles. The minimum Gasteiger partial charge on any atom is -0.326 e. The zero-order valence-corrected chi connectivity index (χ0v) is 13.1. The summed E-state index contributed by atoms with van der Waals surface area (Å²) in [5.74, 6) is 0.505. The molecule has 1 atom stereocenters. The molecule has 21 heavy (non-hydrogen) atoms. The van der Waals surface area contributed by atoms with Crippen molar-refractivity contribution in [3.63, 3.8) is 0 Å². The third-order valence-electron chi connectivity index (χ3n) is 3.54.